The predicted molar refractivity (Wildman–Crippen MR) is 125 cm³/mol. The van der Waals surface area contributed by atoms with Gasteiger partial charge in [-0.25, -0.2) is 4.98 Å². The summed E-state index contributed by atoms with van der Waals surface area (Å²) in [5, 5.41) is 30.6. The van der Waals surface area contributed by atoms with Gasteiger partial charge < -0.3 is 14.9 Å². The molecule has 2 atom stereocenters. The molecular formula is C24H23N7O4. The number of aromatic hydroxyl groups is 1. The number of benzene rings is 1. The van der Waals surface area contributed by atoms with Gasteiger partial charge in [0.05, 0.1) is 24.0 Å². The molecule has 4 rings (SSSR count). The minimum Gasteiger partial charge on any atom is -0.501 e. The van der Waals surface area contributed by atoms with Gasteiger partial charge in [-0.3, -0.25) is 18.8 Å². The molecule has 0 aliphatic heterocycles. The van der Waals surface area contributed by atoms with Gasteiger partial charge in [0.25, 0.3) is 11.5 Å². The van der Waals surface area contributed by atoms with Crippen LogP contribution in [0.1, 0.15) is 58.7 Å². The van der Waals surface area contributed by atoms with Crippen LogP contribution in [0.25, 0.3) is 0 Å². The number of aromatic nitrogens is 5. The molecule has 3 heterocycles. The van der Waals surface area contributed by atoms with Crippen LogP contribution < -0.4 is 10.9 Å². The second-order valence-electron chi connectivity index (χ2n) is 7.99. The number of hydrogen-bond acceptors (Lipinski definition) is 8. The molecule has 0 bridgehead atoms. The molecule has 35 heavy (non-hydrogen) atoms. The fourth-order valence-electron chi connectivity index (χ4n) is 4.10. The summed E-state index contributed by atoms with van der Waals surface area (Å²) in [7, 11) is 1.48. The Balaban J connectivity index is 1.85. The largest absolute Gasteiger partial charge is 0.501 e. The van der Waals surface area contributed by atoms with Crippen LogP contribution >= 0.6 is 0 Å². The van der Waals surface area contributed by atoms with E-state index in [1.54, 1.807) is 23.0 Å². The van der Waals surface area contributed by atoms with Crippen LogP contribution in [0.15, 0.2) is 58.4 Å². The number of carbonyl (C=O) groups excluding carboxylic acids is 1. The van der Waals surface area contributed by atoms with E-state index >= 15 is 0 Å². The minimum atomic E-state index is -0.787. The number of nitrogens with zero attached hydrogens (tertiary/aromatic N) is 6. The molecule has 0 aliphatic carbocycles. The highest BCUT2D eigenvalue weighted by Crippen LogP contribution is 2.39. The van der Waals surface area contributed by atoms with Gasteiger partial charge in [-0.15, -0.1) is 0 Å². The third kappa shape index (κ3) is 4.41. The maximum atomic E-state index is 12.9. The summed E-state index contributed by atoms with van der Waals surface area (Å²) < 4.78 is 7.68. The zero-order chi connectivity index (χ0) is 25.1. The smallest absolute Gasteiger partial charge is 0.296 e. The van der Waals surface area contributed by atoms with Crippen molar-refractivity contribution in [3.63, 3.8) is 0 Å². The molecular weight excluding hydrogens is 450 g/mol. The third-order valence-corrected chi connectivity index (χ3v) is 5.87. The third-order valence-electron chi connectivity index (χ3n) is 5.87. The lowest BCUT2D eigenvalue weighted by atomic mass is 9.80. The Hall–Kier alpha value is -4.72. The summed E-state index contributed by atoms with van der Waals surface area (Å²) in [5.41, 5.74) is 1.08. The van der Waals surface area contributed by atoms with Gasteiger partial charge in [-0.2, -0.15) is 10.4 Å². The summed E-state index contributed by atoms with van der Waals surface area (Å²) in [6.07, 6.45) is 6.09. The first-order valence-electron chi connectivity index (χ1n) is 10.9. The van der Waals surface area contributed by atoms with Crippen LogP contribution in [0.4, 0.5) is 5.69 Å². The first-order chi connectivity index (χ1) is 16.8. The number of nitriles is 1. The maximum absolute atomic E-state index is 12.9. The molecule has 2 N–H and O–H groups in total. The summed E-state index contributed by atoms with van der Waals surface area (Å²) in [4.78, 5) is 30.1. The molecule has 178 valence electrons. The zero-order valence-corrected chi connectivity index (χ0v) is 19.3. The molecule has 1 aromatic carbocycles. The van der Waals surface area contributed by atoms with Crippen molar-refractivity contribution in [3.05, 3.63) is 87.7 Å². The Bertz CT molecular complexity index is 1460. The van der Waals surface area contributed by atoms with Crippen molar-refractivity contribution in [1.29, 1.82) is 5.26 Å². The van der Waals surface area contributed by atoms with Gasteiger partial charge in [0.15, 0.2) is 5.69 Å². The van der Waals surface area contributed by atoms with Crippen molar-refractivity contribution in [2.45, 2.75) is 32.2 Å². The number of amides is 1. The van der Waals surface area contributed by atoms with E-state index in [4.69, 9.17) is 4.52 Å². The lowest BCUT2D eigenvalue weighted by molar-refractivity contribution is 0.101. The molecule has 4 aromatic rings. The second kappa shape index (κ2) is 9.64. The molecule has 1 amide bonds. The van der Waals surface area contributed by atoms with Crippen molar-refractivity contribution >= 4 is 11.6 Å². The Morgan fingerprint density at radius 1 is 1.31 bits per heavy atom. The van der Waals surface area contributed by atoms with E-state index in [-0.39, 0.29) is 11.5 Å². The summed E-state index contributed by atoms with van der Waals surface area (Å²) >= 11 is 0. The highest BCUT2D eigenvalue weighted by Gasteiger charge is 2.31. The van der Waals surface area contributed by atoms with Gasteiger partial charge >= 0.3 is 0 Å². The van der Waals surface area contributed by atoms with Gasteiger partial charge in [0.2, 0.25) is 5.75 Å². The monoisotopic (exact) mass is 473 g/mol. The van der Waals surface area contributed by atoms with Crippen molar-refractivity contribution < 1.29 is 14.4 Å². The van der Waals surface area contributed by atoms with E-state index in [0.29, 0.717) is 12.1 Å². The molecule has 11 heteroatoms. The molecule has 0 aliphatic rings. The van der Waals surface area contributed by atoms with E-state index in [0.717, 1.165) is 11.1 Å². The predicted octanol–water partition coefficient (Wildman–Crippen LogP) is 2.75. The van der Waals surface area contributed by atoms with Crippen molar-refractivity contribution in [2.75, 3.05) is 5.32 Å². The van der Waals surface area contributed by atoms with Crippen LogP contribution in [0, 0.1) is 11.3 Å². The molecule has 0 saturated carbocycles. The van der Waals surface area contributed by atoms with E-state index in [9.17, 15) is 20.0 Å². The maximum Gasteiger partial charge on any atom is 0.296 e. The van der Waals surface area contributed by atoms with Gasteiger partial charge in [0.1, 0.15) is 17.8 Å². The van der Waals surface area contributed by atoms with Crippen LogP contribution in [-0.4, -0.2) is 35.5 Å². The van der Waals surface area contributed by atoms with Crippen LogP contribution in [0.3, 0.4) is 0 Å². The van der Waals surface area contributed by atoms with E-state index in [2.05, 4.69) is 26.6 Å². The van der Waals surface area contributed by atoms with Crippen LogP contribution in [0.5, 0.6) is 5.75 Å². The van der Waals surface area contributed by atoms with Crippen LogP contribution in [-0.2, 0) is 13.6 Å². The molecule has 0 radical (unpaired) electrons. The van der Waals surface area contributed by atoms with E-state index in [1.165, 1.54) is 24.1 Å². The van der Waals surface area contributed by atoms with Crippen molar-refractivity contribution in [2.24, 2.45) is 7.05 Å². The molecule has 0 fully saturated rings. The molecule has 0 saturated heterocycles. The Morgan fingerprint density at radius 3 is 2.74 bits per heavy atom. The molecule has 3 aromatic heterocycles. The standard InChI is InChI=1S/C24H23N7O4/c1-4-31-12-16(10-26-31)19(18-8-6-5-7-15(18)9-25)14(2)22-29-20(21(32)24(34)30(22)3)23(33)28-17-11-27-35-13-17/h5-8,10-14,19,32H,4H2,1-3H3,(H,28,33)/t14-,19+/m0/s1. The van der Waals surface area contributed by atoms with Crippen molar-refractivity contribution in [1.82, 2.24) is 24.5 Å². The highest BCUT2D eigenvalue weighted by atomic mass is 16.5. The quantitative estimate of drug-likeness (QED) is 0.416. The average molecular weight is 473 g/mol. The van der Waals surface area contributed by atoms with Crippen LogP contribution in [0.2, 0.25) is 0 Å². The molecule has 0 unspecified atom stereocenters. The number of hydrogen-bond donors (Lipinski definition) is 2. The summed E-state index contributed by atoms with van der Waals surface area (Å²) in [5.74, 6) is -2.21. The number of aryl methyl sites for hydroxylation is 1. The van der Waals surface area contributed by atoms with Crippen molar-refractivity contribution in [3.8, 4) is 11.8 Å². The van der Waals surface area contributed by atoms with E-state index < -0.39 is 34.7 Å². The lowest BCUT2D eigenvalue weighted by Gasteiger charge is -2.26. The van der Waals surface area contributed by atoms with Gasteiger partial charge in [-0.1, -0.05) is 30.3 Å². The Morgan fingerprint density at radius 2 is 2.09 bits per heavy atom. The van der Waals surface area contributed by atoms with Gasteiger partial charge in [0, 0.05) is 31.6 Å². The van der Waals surface area contributed by atoms with E-state index in [1.807, 2.05) is 32.2 Å². The lowest BCUT2D eigenvalue weighted by Crippen LogP contribution is -2.29. The number of carbonyl (C=O) groups is 1. The Labute approximate surface area is 200 Å². The number of nitrogens with one attached hydrogen (secondary N) is 1. The SMILES string of the molecule is CCn1cc([C@H](c2ccccc2C#N)[C@H](C)c2nc(C(=O)Nc3cnoc3)c(O)c(=O)n2C)cn1. The number of rotatable bonds is 7. The average Bonchev–Trinajstić information content (AvgIpc) is 3.55. The first-order valence-corrected chi connectivity index (χ1v) is 10.9. The molecule has 11 nitrogen and oxygen atoms in total. The molecule has 0 spiro atoms. The second-order valence-corrected chi connectivity index (χ2v) is 7.99. The van der Waals surface area contributed by atoms with Gasteiger partial charge in [-0.05, 0) is 24.1 Å². The fraction of sp³-hybridized carbons (Fsp3) is 0.250. The highest BCUT2D eigenvalue weighted by molar-refractivity contribution is 6.04. The zero-order valence-electron chi connectivity index (χ0n) is 19.3. The Kier molecular flexibility index (Phi) is 6.46. The first kappa shape index (κ1) is 23.4. The normalized spacial score (nSPS) is 12.6. The summed E-state index contributed by atoms with van der Waals surface area (Å²) in [6.45, 7) is 4.47. The topological polar surface area (TPSA) is 152 Å². The number of anilines is 1. The fourth-order valence-corrected chi connectivity index (χ4v) is 4.10. The summed E-state index contributed by atoms with van der Waals surface area (Å²) in [6, 6.07) is 9.41. The minimum absolute atomic E-state index is 0.249.